The van der Waals surface area contributed by atoms with E-state index in [2.05, 4.69) is 84.4 Å². The van der Waals surface area contributed by atoms with Crippen LogP contribution in [0, 0.1) is 0 Å². The van der Waals surface area contributed by atoms with Gasteiger partial charge in [0, 0.05) is 20.7 Å². The van der Waals surface area contributed by atoms with Gasteiger partial charge in [-0.1, -0.05) is 72.2 Å². The molecule has 0 fully saturated rings. The Kier molecular flexibility index (Phi) is 2.88. The monoisotopic (exact) mass is 412 g/mol. The molecular weight excluding hydrogens is 396 g/mol. The van der Waals surface area contributed by atoms with E-state index in [0.717, 1.165) is 15.6 Å². The zero-order chi connectivity index (χ0) is 18.3. The summed E-state index contributed by atoms with van der Waals surface area (Å²) in [5.41, 5.74) is 7.26. The van der Waals surface area contributed by atoms with Crippen LogP contribution in [0.5, 0.6) is 0 Å². The first-order chi connectivity index (χ1) is 13.1. The summed E-state index contributed by atoms with van der Waals surface area (Å²) in [6.45, 7) is 4.65. The van der Waals surface area contributed by atoms with E-state index < -0.39 is 0 Å². The Morgan fingerprint density at radius 1 is 0.704 bits per heavy atom. The summed E-state index contributed by atoms with van der Waals surface area (Å²) in [6, 6.07) is 23.8. The van der Waals surface area contributed by atoms with Crippen LogP contribution >= 0.6 is 15.9 Å². The first kappa shape index (κ1) is 15.5. The molecule has 0 saturated heterocycles. The molecule has 0 radical (unpaired) electrons. The minimum Gasteiger partial charge on any atom is -0.456 e. The SMILES string of the molecule is CC1(C)c2cc3c(cc2-c2c1cc(Br)c1ccccc21)oc1ccccc13. The predicted octanol–water partition coefficient (Wildman–Crippen LogP) is 7.81. The van der Waals surface area contributed by atoms with Gasteiger partial charge in [-0.2, -0.15) is 0 Å². The molecule has 0 bridgehead atoms. The Morgan fingerprint density at radius 3 is 2.22 bits per heavy atom. The maximum Gasteiger partial charge on any atom is 0.136 e. The van der Waals surface area contributed by atoms with Gasteiger partial charge in [0.2, 0.25) is 0 Å². The lowest BCUT2D eigenvalue weighted by Gasteiger charge is -2.22. The van der Waals surface area contributed by atoms with Gasteiger partial charge in [-0.3, -0.25) is 0 Å². The second-order valence-electron chi connectivity index (χ2n) is 7.94. The summed E-state index contributed by atoms with van der Waals surface area (Å²) in [4.78, 5) is 0. The molecule has 4 aromatic carbocycles. The molecule has 1 heterocycles. The molecule has 0 spiro atoms. The second kappa shape index (κ2) is 5.02. The minimum atomic E-state index is -0.0518. The Morgan fingerprint density at radius 2 is 1.41 bits per heavy atom. The molecular formula is C25H17BrO. The molecule has 1 nitrogen and oxygen atoms in total. The average Bonchev–Trinajstić information content (AvgIpc) is 3.14. The van der Waals surface area contributed by atoms with Crippen LogP contribution in [-0.4, -0.2) is 0 Å². The molecule has 0 atom stereocenters. The van der Waals surface area contributed by atoms with Crippen LogP contribution in [-0.2, 0) is 5.41 Å². The van der Waals surface area contributed by atoms with E-state index >= 15 is 0 Å². The number of rotatable bonds is 0. The van der Waals surface area contributed by atoms with E-state index in [9.17, 15) is 0 Å². The van der Waals surface area contributed by atoms with Crippen molar-refractivity contribution in [2.45, 2.75) is 19.3 Å². The lowest BCUT2D eigenvalue weighted by Crippen LogP contribution is -2.15. The maximum absolute atomic E-state index is 6.19. The quantitative estimate of drug-likeness (QED) is 0.252. The highest BCUT2D eigenvalue weighted by Crippen LogP contribution is 2.54. The van der Waals surface area contributed by atoms with Gasteiger partial charge in [0.15, 0.2) is 0 Å². The molecule has 5 aromatic rings. The normalized spacial score (nSPS) is 14.8. The molecule has 130 valence electrons. The van der Waals surface area contributed by atoms with Gasteiger partial charge in [0.25, 0.3) is 0 Å². The molecule has 1 aliphatic carbocycles. The van der Waals surface area contributed by atoms with Crippen molar-refractivity contribution in [3.8, 4) is 11.1 Å². The third-order valence-electron chi connectivity index (χ3n) is 6.13. The molecule has 2 heteroatoms. The molecule has 0 unspecified atom stereocenters. The van der Waals surface area contributed by atoms with Crippen LogP contribution in [0.4, 0.5) is 0 Å². The Bertz CT molecular complexity index is 1400. The number of hydrogen-bond acceptors (Lipinski definition) is 1. The highest BCUT2D eigenvalue weighted by atomic mass is 79.9. The van der Waals surface area contributed by atoms with Crippen LogP contribution in [0.25, 0.3) is 43.8 Å². The number of halogens is 1. The molecule has 1 aromatic heterocycles. The lowest BCUT2D eigenvalue weighted by atomic mass is 9.81. The van der Waals surface area contributed by atoms with E-state index in [1.54, 1.807) is 0 Å². The highest BCUT2D eigenvalue weighted by Gasteiger charge is 2.37. The summed E-state index contributed by atoms with van der Waals surface area (Å²) in [7, 11) is 0. The summed E-state index contributed by atoms with van der Waals surface area (Å²) in [5, 5.41) is 4.94. The van der Waals surface area contributed by atoms with E-state index in [4.69, 9.17) is 4.42 Å². The van der Waals surface area contributed by atoms with Gasteiger partial charge in [-0.05, 0) is 57.3 Å². The van der Waals surface area contributed by atoms with Gasteiger partial charge in [-0.25, -0.2) is 0 Å². The summed E-state index contributed by atoms with van der Waals surface area (Å²) < 4.78 is 7.35. The molecule has 0 amide bonds. The third kappa shape index (κ3) is 1.89. The number of para-hydroxylation sites is 1. The number of benzene rings is 4. The van der Waals surface area contributed by atoms with Crippen molar-refractivity contribution in [2.24, 2.45) is 0 Å². The average molecular weight is 413 g/mol. The Hall–Kier alpha value is -2.58. The zero-order valence-corrected chi connectivity index (χ0v) is 16.7. The zero-order valence-electron chi connectivity index (χ0n) is 15.1. The summed E-state index contributed by atoms with van der Waals surface area (Å²) >= 11 is 3.80. The van der Waals surface area contributed by atoms with Crippen molar-refractivity contribution in [3.05, 3.63) is 82.3 Å². The van der Waals surface area contributed by atoms with Gasteiger partial charge < -0.3 is 4.42 Å². The molecule has 0 aliphatic heterocycles. The van der Waals surface area contributed by atoms with Crippen molar-refractivity contribution in [3.63, 3.8) is 0 Å². The molecule has 6 rings (SSSR count). The number of furan rings is 1. The summed E-state index contributed by atoms with van der Waals surface area (Å²) in [5.74, 6) is 0. The van der Waals surface area contributed by atoms with E-state index in [-0.39, 0.29) is 5.41 Å². The van der Waals surface area contributed by atoms with Crippen LogP contribution in [0.15, 0.2) is 75.6 Å². The minimum absolute atomic E-state index is 0.0518. The highest BCUT2D eigenvalue weighted by molar-refractivity contribution is 9.10. The Balaban J connectivity index is 1.81. The van der Waals surface area contributed by atoms with Crippen LogP contribution in [0.3, 0.4) is 0 Å². The lowest BCUT2D eigenvalue weighted by molar-refractivity contribution is 0.658. The number of fused-ring (bicyclic) bond motifs is 8. The summed E-state index contributed by atoms with van der Waals surface area (Å²) in [6.07, 6.45) is 0. The second-order valence-corrected chi connectivity index (χ2v) is 8.80. The maximum atomic E-state index is 6.19. The molecule has 1 aliphatic rings. The number of hydrogen-bond donors (Lipinski definition) is 0. The van der Waals surface area contributed by atoms with Crippen molar-refractivity contribution < 1.29 is 4.42 Å². The van der Waals surface area contributed by atoms with Gasteiger partial charge in [0.05, 0.1) is 0 Å². The molecule has 27 heavy (non-hydrogen) atoms. The fourth-order valence-corrected chi connectivity index (χ4v) is 5.33. The van der Waals surface area contributed by atoms with Gasteiger partial charge >= 0.3 is 0 Å². The standard InChI is InChI=1S/C25H17BrO/c1-25(2)19-11-17-15-8-5-6-10-22(15)27-23(17)12-18(19)24-16-9-4-3-7-14(16)21(26)13-20(24)25/h3-13H,1-2H3. The third-order valence-corrected chi connectivity index (χ3v) is 6.78. The van der Waals surface area contributed by atoms with E-state index in [1.807, 2.05) is 12.1 Å². The first-order valence-electron chi connectivity index (χ1n) is 9.23. The van der Waals surface area contributed by atoms with Gasteiger partial charge in [-0.15, -0.1) is 0 Å². The van der Waals surface area contributed by atoms with Crippen molar-refractivity contribution in [1.29, 1.82) is 0 Å². The van der Waals surface area contributed by atoms with E-state index in [0.29, 0.717) is 0 Å². The first-order valence-corrected chi connectivity index (χ1v) is 10.0. The van der Waals surface area contributed by atoms with Gasteiger partial charge in [0.1, 0.15) is 11.2 Å². The van der Waals surface area contributed by atoms with Crippen LogP contribution in [0.2, 0.25) is 0 Å². The van der Waals surface area contributed by atoms with E-state index in [1.165, 1.54) is 43.8 Å². The van der Waals surface area contributed by atoms with Crippen molar-refractivity contribution in [1.82, 2.24) is 0 Å². The fraction of sp³-hybridized carbons (Fsp3) is 0.120. The Labute approximate surface area is 165 Å². The van der Waals surface area contributed by atoms with Crippen molar-refractivity contribution >= 4 is 48.6 Å². The predicted molar refractivity (Wildman–Crippen MR) is 116 cm³/mol. The molecule has 0 N–H and O–H groups in total. The van der Waals surface area contributed by atoms with Crippen LogP contribution in [0.1, 0.15) is 25.0 Å². The molecule has 0 saturated carbocycles. The fourth-order valence-electron chi connectivity index (χ4n) is 4.75. The largest absolute Gasteiger partial charge is 0.456 e. The smallest absolute Gasteiger partial charge is 0.136 e. The van der Waals surface area contributed by atoms with Crippen molar-refractivity contribution in [2.75, 3.05) is 0 Å². The van der Waals surface area contributed by atoms with Crippen LogP contribution < -0.4 is 0 Å². The topological polar surface area (TPSA) is 13.1 Å².